The minimum Gasteiger partial charge on any atom is -0.493 e. The zero-order valence-electron chi connectivity index (χ0n) is 22.3. The van der Waals surface area contributed by atoms with E-state index in [1.165, 1.54) is 19.1 Å². The molecular formula is C29H26F2N6O3. The molecule has 204 valence electrons. The fourth-order valence-corrected chi connectivity index (χ4v) is 4.68. The molecule has 0 saturated heterocycles. The number of anilines is 3. The maximum Gasteiger partial charge on any atom is 0.334 e. The van der Waals surface area contributed by atoms with Gasteiger partial charge in [0.15, 0.2) is 23.1 Å². The van der Waals surface area contributed by atoms with Gasteiger partial charge >= 0.3 is 6.03 Å². The summed E-state index contributed by atoms with van der Waals surface area (Å²) in [6.07, 6.45) is 6.52. The van der Waals surface area contributed by atoms with E-state index in [9.17, 15) is 4.79 Å². The van der Waals surface area contributed by atoms with Crippen LogP contribution in [0.15, 0.2) is 61.2 Å². The summed E-state index contributed by atoms with van der Waals surface area (Å²) < 4.78 is 41.3. The van der Waals surface area contributed by atoms with Gasteiger partial charge in [0.1, 0.15) is 5.69 Å². The van der Waals surface area contributed by atoms with E-state index in [0.717, 1.165) is 21.7 Å². The van der Waals surface area contributed by atoms with Gasteiger partial charge in [0.25, 0.3) is 0 Å². The molecule has 1 aliphatic heterocycles. The lowest BCUT2D eigenvalue weighted by molar-refractivity contribution is 0.251. The first-order valence-electron chi connectivity index (χ1n) is 12.3. The number of amides is 2. The molecule has 2 aromatic carbocycles. The summed E-state index contributed by atoms with van der Waals surface area (Å²) in [7, 11) is 4.20. The number of halogens is 2. The summed E-state index contributed by atoms with van der Waals surface area (Å²) in [5.74, 6) is -2.62. The van der Waals surface area contributed by atoms with Gasteiger partial charge in [-0.25, -0.2) is 13.6 Å². The summed E-state index contributed by atoms with van der Waals surface area (Å²) in [6, 6.07) is 9.29. The van der Waals surface area contributed by atoms with Gasteiger partial charge in [-0.05, 0) is 36.6 Å². The predicted molar refractivity (Wildman–Crippen MR) is 150 cm³/mol. The number of nitrogens with one attached hydrogen (secondary N) is 2. The Labute approximate surface area is 229 Å². The fourth-order valence-electron chi connectivity index (χ4n) is 4.68. The Hall–Kier alpha value is -5.06. The summed E-state index contributed by atoms with van der Waals surface area (Å²) in [5.41, 5.74) is 2.09. The average molecular weight is 545 g/mol. The third-order valence-electron chi connectivity index (χ3n) is 6.62. The van der Waals surface area contributed by atoms with E-state index < -0.39 is 23.4 Å². The van der Waals surface area contributed by atoms with Crippen molar-refractivity contribution < 1.29 is 23.0 Å². The van der Waals surface area contributed by atoms with E-state index in [0.29, 0.717) is 28.2 Å². The molecule has 11 heteroatoms. The smallest absolute Gasteiger partial charge is 0.334 e. The van der Waals surface area contributed by atoms with E-state index in [4.69, 9.17) is 14.9 Å². The van der Waals surface area contributed by atoms with Crippen molar-refractivity contribution in [3.05, 3.63) is 84.1 Å². The first-order chi connectivity index (χ1) is 19.3. The molecule has 0 saturated carbocycles. The summed E-state index contributed by atoms with van der Waals surface area (Å²) in [4.78, 5) is 25.3. The number of methoxy groups -OCH3 is 2. The molecule has 0 radical (unpaired) electrons. The molecule has 3 heterocycles. The monoisotopic (exact) mass is 544 g/mol. The zero-order chi connectivity index (χ0) is 28.6. The number of allylic oxidation sites excluding steroid dienone is 1. The molecule has 0 unspecified atom stereocenters. The highest BCUT2D eigenvalue weighted by molar-refractivity contribution is 6.21. The van der Waals surface area contributed by atoms with Gasteiger partial charge in [-0.1, -0.05) is 6.07 Å². The molecule has 0 atom stereocenters. The highest BCUT2D eigenvalue weighted by Gasteiger charge is 2.38. The first-order valence-corrected chi connectivity index (χ1v) is 12.3. The van der Waals surface area contributed by atoms with Crippen LogP contribution in [-0.2, 0) is 6.54 Å². The van der Waals surface area contributed by atoms with E-state index in [-0.39, 0.29) is 23.8 Å². The Bertz CT molecular complexity index is 1660. The quantitative estimate of drug-likeness (QED) is 0.285. The van der Waals surface area contributed by atoms with Crippen molar-refractivity contribution in [1.29, 1.82) is 5.41 Å². The van der Waals surface area contributed by atoms with Crippen LogP contribution in [-0.4, -0.2) is 43.0 Å². The number of rotatable bonds is 7. The number of benzene rings is 2. The fraction of sp³-hybridized carbons (Fsp3) is 0.172. The Balaban J connectivity index is 1.75. The van der Waals surface area contributed by atoms with Gasteiger partial charge in [-0.15, -0.1) is 0 Å². The predicted octanol–water partition coefficient (Wildman–Crippen LogP) is 5.80. The van der Waals surface area contributed by atoms with E-state index in [2.05, 4.69) is 15.3 Å². The van der Waals surface area contributed by atoms with Crippen LogP contribution >= 0.6 is 0 Å². The number of nitrogens with zero attached hydrogens (tertiary/aromatic N) is 4. The van der Waals surface area contributed by atoms with Crippen molar-refractivity contribution in [2.75, 3.05) is 31.1 Å². The molecule has 4 aromatic rings. The van der Waals surface area contributed by atoms with E-state index in [1.54, 1.807) is 57.0 Å². The van der Waals surface area contributed by atoms with Crippen LogP contribution in [0.5, 0.6) is 11.5 Å². The van der Waals surface area contributed by atoms with Crippen LogP contribution < -0.4 is 24.6 Å². The second-order valence-corrected chi connectivity index (χ2v) is 9.04. The number of carbonyl (C=O) groups is 1. The van der Waals surface area contributed by atoms with Gasteiger partial charge < -0.3 is 20.2 Å². The number of ether oxygens (including phenoxy) is 2. The number of fused-ring (bicyclic) bond motifs is 2. The van der Waals surface area contributed by atoms with Crippen molar-refractivity contribution in [2.45, 2.75) is 13.5 Å². The maximum atomic E-state index is 15.6. The van der Waals surface area contributed by atoms with Gasteiger partial charge in [0, 0.05) is 60.1 Å². The van der Waals surface area contributed by atoms with Crippen molar-refractivity contribution in [3.8, 4) is 11.5 Å². The number of hydrogen-bond donors (Lipinski definition) is 2. The first kappa shape index (κ1) is 26.5. The highest BCUT2D eigenvalue weighted by Crippen LogP contribution is 2.43. The molecule has 2 amide bonds. The SMILES string of the molecule is CN/C=C(\C(C)=N)c1cc2c(cn1)CN(c1c(F)c(OC)cc(OC)c1F)C(=O)N2c1ccc2ccncc2c1. The van der Waals surface area contributed by atoms with Crippen LogP contribution in [0, 0.1) is 17.0 Å². The number of hydrogen-bond acceptors (Lipinski definition) is 7. The Morgan fingerprint density at radius 3 is 2.42 bits per heavy atom. The number of pyridine rings is 2. The zero-order valence-corrected chi connectivity index (χ0v) is 22.3. The minimum atomic E-state index is -1.04. The van der Waals surface area contributed by atoms with Crippen LogP contribution in [0.1, 0.15) is 18.2 Å². The minimum absolute atomic E-state index is 0.175. The molecule has 0 spiro atoms. The van der Waals surface area contributed by atoms with Crippen molar-refractivity contribution in [1.82, 2.24) is 15.3 Å². The molecular weight excluding hydrogens is 518 g/mol. The van der Waals surface area contributed by atoms with Crippen molar-refractivity contribution in [2.24, 2.45) is 0 Å². The highest BCUT2D eigenvalue weighted by atomic mass is 19.1. The Morgan fingerprint density at radius 2 is 1.77 bits per heavy atom. The van der Waals surface area contributed by atoms with Gasteiger partial charge in [0.05, 0.1) is 37.8 Å². The lowest BCUT2D eigenvalue weighted by Gasteiger charge is -2.37. The van der Waals surface area contributed by atoms with Gasteiger partial charge in [-0.3, -0.25) is 19.8 Å². The number of urea groups is 1. The normalized spacial score (nSPS) is 13.3. The summed E-state index contributed by atoms with van der Waals surface area (Å²) in [6.45, 7) is 1.46. The van der Waals surface area contributed by atoms with E-state index >= 15 is 8.78 Å². The van der Waals surface area contributed by atoms with Crippen LogP contribution in [0.3, 0.4) is 0 Å². The third-order valence-corrected chi connectivity index (χ3v) is 6.62. The van der Waals surface area contributed by atoms with Crippen LogP contribution in [0.4, 0.5) is 30.6 Å². The standard InChI is InChI=1S/C29H26F2N6O3/c1-16(32)21(14-33-2)22-10-23-19(13-35-22)15-36(28-26(30)24(39-3)11-25(40-4)27(28)31)29(38)37(23)20-6-5-17-7-8-34-12-18(17)9-20/h5-14,32-33H,15H2,1-4H3/b21-14+,32-16?. The van der Waals surface area contributed by atoms with E-state index in [1.807, 2.05) is 12.1 Å². The Morgan fingerprint density at radius 1 is 1.05 bits per heavy atom. The summed E-state index contributed by atoms with van der Waals surface area (Å²) in [5, 5.41) is 12.8. The topological polar surface area (TPSA) is 104 Å². The molecule has 0 bridgehead atoms. The molecule has 2 aromatic heterocycles. The molecule has 0 fully saturated rings. The third kappa shape index (κ3) is 4.45. The molecule has 1 aliphatic rings. The largest absolute Gasteiger partial charge is 0.493 e. The average Bonchev–Trinajstić information content (AvgIpc) is 2.96. The molecule has 5 rings (SSSR count). The van der Waals surface area contributed by atoms with Crippen LogP contribution in [0.25, 0.3) is 16.3 Å². The van der Waals surface area contributed by atoms with Gasteiger partial charge in [-0.2, -0.15) is 0 Å². The lowest BCUT2D eigenvalue weighted by Crippen LogP contribution is -2.46. The summed E-state index contributed by atoms with van der Waals surface area (Å²) >= 11 is 0. The second kappa shape index (κ2) is 10.6. The van der Waals surface area contributed by atoms with Gasteiger partial charge in [0.2, 0.25) is 0 Å². The second-order valence-electron chi connectivity index (χ2n) is 9.04. The molecule has 40 heavy (non-hydrogen) atoms. The molecule has 9 nitrogen and oxygen atoms in total. The lowest BCUT2D eigenvalue weighted by atomic mass is 10.0. The number of carbonyl (C=O) groups excluding carboxylic acids is 1. The molecule has 0 aliphatic carbocycles. The maximum absolute atomic E-state index is 15.6. The molecule has 2 N–H and O–H groups in total. The van der Waals surface area contributed by atoms with Crippen molar-refractivity contribution >= 4 is 45.2 Å². The van der Waals surface area contributed by atoms with Crippen LogP contribution in [0.2, 0.25) is 0 Å². The van der Waals surface area contributed by atoms with Crippen molar-refractivity contribution in [3.63, 3.8) is 0 Å². The Kier molecular flexibility index (Phi) is 7.03. The number of aromatic nitrogens is 2.